The number of anilines is 1. The number of aromatic amines is 1. The summed E-state index contributed by atoms with van der Waals surface area (Å²) in [5.74, 6) is -0.299. The first-order chi connectivity index (χ1) is 15.6. The number of piperazine rings is 1. The zero-order valence-corrected chi connectivity index (χ0v) is 18.2. The Morgan fingerprint density at radius 2 is 1.78 bits per heavy atom. The van der Waals surface area contributed by atoms with Crippen LogP contribution in [0.2, 0.25) is 0 Å². The minimum atomic E-state index is -0.299. The predicted octanol–water partition coefficient (Wildman–Crippen LogP) is 4.40. The number of aromatic nitrogens is 4. The van der Waals surface area contributed by atoms with Gasteiger partial charge in [-0.25, -0.2) is 4.39 Å². The lowest BCUT2D eigenvalue weighted by atomic mass is 10.00. The van der Waals surface area contributed by atoms with Crippen LogP contribution in [0.3, 0.4) is 0 Å². The van der Waals surface area contributed by atoms with Crippen LogP contribution in [-0.2, 0) is 0 Å². The molecule has 7 heteroatoms. The third kappa shape index (κ3) is 3.99. The summed E-state index contributed by atoms with van der Waals surface area (Å²) in [6.07, 6.45) is 3.66. The van der Waals surface area contributed by atoms with E-state index in [0.29, 0.717) is 11.3 Å². The molecule has 0 spiro atoms. The Kier molecular flexibility index (Phi) is 5.41. The van der Waals surface area contributed by atoms with Crippen LogP contribution in [0.1, 0.15) is 5.69 Å². The number of benzene rings is 1. The van der Waals surface area contributed by atoms with Gasteiger partial charge in [-0.3, -0.25) is 15.1 Å². The number of nitrogens with one attached hydrogen (secondary N) is 1. The second-order valence-electron chi connectivity index (χ2n) is 8.20. The highest BCUT2D eigenvalue weighted by molar-refractivity contribution is 5.81. The maximum absolute atomic E-state index is 14.8. The van der Waals surface area contributed by atoms with Crippen LogP contribution in [0.25, 0.3) is 33.8 Å². The molecule has 1 fully saturated rings. The van der Waals surface area contributed by atoms with E-state index in [9.17, 15) is 4.39 Å². The summed E-state index contributed by atoms with van der Waals surface area (Å²) < 4.78 is 14.8. The number of nitrogens with zero attached hydrogens (tertiary/aromatic N) is 5. The molecule has 0 saturated carbocycles. The van der Waals surface area contributed by atoms with E-state index in [1.807, 2.05) is 55.7 Å². The van der Waals surface area contributed by atoms with Crippen LogP contribution in [0.15, 0.2) is 60.9 Å². The molecule has 0 atom stereocenters. The van der Waals surface area contributed by atoms with Crippen molar-refractivity contribution in [3.63, 3.8) is 0 Å². The monoisotopic (exact) mass is 428 g/mol. The predicted molar refractivity (Wildman–Crippen MR) is 125 cm³/mol. The van der Waals surface area contributed by atoms with E-state index in [4.69, 9.17) is 0 Å². The van der Waals surface area contributed by atoms with Crippen molar-refractivity contribution in [2.45, 2.75) is 6.92 Å². The Labute approximate surface area is 186 Å². The van der Waals surface area contributed by atoms with Crippen molar-refractivity contribution in [3.8, 4) is 33.8 Å². The highest BCUT2D eigenvalue weighted by Gasteiger charge is 2.17. The Hall–Kier alpha value is -3.58. The van der Waals surface area contributed by atoms with Gasteiger partial charge in [0, 0.05) is 49.2 Å². The van der Waals surface area contributed by atoms with E-state index in [0.717, 1.165) is 60.1 Å². The molecule has 0 amide bonds. The minimum Gasteiger partial charge on any atom is -0.368 e. The van der Waals surface area contributed by atoms with Crippen molar-refractivity contribution in [1.29, 1.82) is 0 Å². The lowest BCUT2D eigenvalue weighted by Crippen LogP contribution is -2.44. The van der Waals surface area contributed by atoms with Crippen molar-refractivity contribution >= 4 is 5.69 Å². The Bertz CT molecular complexity index is 1230. The first-order valence-corrected chi connectivity index (χ1v) is 10.8. The summed E-state index contributed by atoms with van der Waals surface area (Å²) in [4.78, 5) is 13.8. The van der Waals surface area contributed by atoms with Crippen molar-refractivity contribution in [2.75, 3.05) is 38.1 Å². The number of hydrogen-bond donors (Lipinski definition) is 1. The van der Waals surface area contributed by atoms with Gasteiger partial charge in [-0.15, -0.1) is 0 Å². The van der Waals surface area contributed by atoms with Crippen LogP contribution in [0.5, 0.6) is 0 Å². The Morgan fingerprint density at radius 1 is 0.938 bits per heavy atom. The second kappa shape index (κ2) is 8.51. The number of likely N-dealkylation sites (N-methyl/N-ethyl adjacent to an activating group) is 1. The van der Waals surface area contributed by atoms with Gasteiger partial charge in [-0.1, -0.05) is 12.1 Å². The third-order valence-corrected chi connectivity index (χ3v) is 5.94. The summed E-state index contributed by atoms with van der Waals surface area (Å²) >= 11 is 0. The van der Waals surface area contributed by atoms with Crippen molar-refractivity contribution in [3.05, 3.63) is 72.4 Å². The molecule has 0 unspecified atom stereocenters. The van der Waals surface area contributed by atoms with E-state index < -0.39 is 0 Å². The molecule has 162 valence electrons. The van der Waals surface area contributed by atoms with Crippen molar-refractivity contribution in [2.24, 2.45) is 0 Å². The molecule has 1 N–H and O–H groups in total. The molecular weight excluding hydrogens is 403 g/mol. The highest BCUT2D eigenvalue weighted by atomic mass is 19.1. The number of hydrogen-bond acceptors (Lipinski definition) is 5. The molecule has 1 saturated heterocycles. The van der Waals surface area contributed by atoms with Gasteiger partial charge >= 0.3 is 0 Å². The first kappa shape index (κ1) is 20.3. The average molecular weight is 429 g/mol. The lowest BCUT2D eigenvalue weighted by molar-refractivity contribution is 0.313. The minimum absolute atomic E-state index is 0.299. The molecule has 3 aromatic heterocycles. The van der Waals surface area contributed by atoms with Gasteiger partial charge < -0.3 is 9.80 Å². The Morgan fingerprint density at radius 3 is 2.53 bits per heavy atom. The van der Waals surface area contributed by atoms with E-state index in [-0.39, 0.29) is 5.82 Å². The fourth-order valence-electron chi connectivity index (χ4n) is 4.07. The number of halogens is 1. The topological polar surface area (TPSA) is 60.9 Å². The summed E-state index contributed by atoms with van der Waals surface area (Å²) in [7, 11) is 2.13. The summed E-state index contributed by atoms with van der Waals surface area (Å²) in [6.45, 7) is 5.95. The number of rotatable bonds is 4. The third-order valence-electron chi connectivity index (χ3n) is 5.94. The Balaban J connectivity index is 1.46. The van der Waals surface area contributed by atoms with Crippen LogP contribution in [0.4, 0.5) is 10.1 Å². The molecule has 1 aromatic carbocycles. The lowest BCUT2D eigenvalue weighted by Gasteiger charge is -2.33. The summed E-state index contributed by atoms with van der Waals surface area (Å²) in [5, 5.41) is 7.32. The van der Waals surface area contributed by atoms with Gasteiger partial charge in [-0.05, 0) is 55.9 Å². The maximum Gasteiger partial charge on any atom is 0.132 e. The van der Waals surface area contributed by atoms with Gasteiger partial charge in [0.1, 0.15) is 11.5 Å². The summed E-state index contributed by atoms with van der Waals surface area (Å²) in [6, 6.07) is 14.8. The van der Waals surface area contributed by atoms with E-state index in [1.54, 1.807) is 6.07 Å². The highest BCUT2D eigenvalue weighted by Crippen LogP contribution is 2.33. The molecule has 0 bridgehead atoms. The average Bonchev–Trinajstić information content (AvgIpc) is 3.30. The SMILES string of the molecule is Cc1cccc(-c2n[nH]cc2-c2ccc(F)c(-c3ccc(N4CCN(C)CC4)cn3)c2)n1. The van der Waals surface area contributed by atoms with Gasteiger partial charge in [0.2, 0.25) is 0 Å². The van der Waals surface area contributed by atoms with Crippen molar-refractivity contribution in [1.82, 2.24) is 25.1 Å². The quantitative estimate of drug-likeness (QED) is 0.522. The molecule has 0 aliphatic carbocycles. The van der Waals surface area contributed by atoms with Gasteiger partial charge in [0.05, 0.1) is 23.3 Å². The molecule has 6 nitrogen and oxygen atoms in total. The molecule has 1 aliphatic rings. The fourth-order valence-corrected chi connectivity index (χ4v) is 4.07. The van der Waals surface area contributed by atoms with Crippen molar-refractivity contribution < 1.29 is 4.39 Å². The standard InChI is InChI=1S/C25H25FN6/c1-17-4-3-5-24(29-17)25-21(16-28-30-25)18-6-8-22(26)20(14-18)23-9-7-19(15-27-23)32-12-10-31(2)11-13-32/h3-9,14-16H,10-13H2,1-2H3,(H,28,30). The summed E-state index contributed by atoms with van der Waals surface area (Å²) in [5.41, 5.74) is 6.32. The van der Waals surface area contributed by atoms with Gasteiger partial charge in [0.25, 0.3) is 0 Å². The molecular formula is C25H25FN6. The first-order valence-electron chi connectivity index (χ1n) is 10.8. The van der Waals surface area contributed by atoms with Crippen LogP contribution < -0.4 is 4.90 Å². The van der Waals surface area contributed by atoms with Gasteiger partial charge in [0.15, 0.2) is 0 Å². The molecule has 5 rings (SSSR count). The molecule has 0 radical (unpaired) electrons. The smallest absolute Gasteiger partial charge is 0.132 e. The van der Waals surface area contributed by atoms with Crippen LogP contribution >= 0.6 is 0 Å². The maximum atomic E-state index is 14.8. The number of H-pyrrole nitrogens is 1. The molecule has 32 heavy (non-hydrogen) atoms. The number of aryl methyl sites for hydroxylation is 1. The van der Waals surface area contributed by atoms with E-state index in [1.165, 1.54) is 6.07 Å². The zero-order valence-electron chi connectivity index (χ0n) is 18.2. The number of pyridine rings is 2. The zero-order chi connectivity index (χ0) is 22.1. The van der Waals surface area contributed by atoms with Crippen LogP contribution in [-0.4, -0.2) is 58.3 Å². The van der Waals surface area contributed by atoms with E-state index in [2.05, 4.69) is 37.0 Å². The fraction of sp³-hybridized carbons (Fsp3) is 0.240. The molecule has 4 aromatic rings. The largest absolute Gasteiger partial charge is 0.368 e. The molecule has 1 aliphatic heterocycles. The second-order valence-corrected chi connectivity index (χ2v) is 8.20. The van der Waals surface area contributed by atoms with Crippen LogP contribution in [0, 0.1) is 12.7 Å². The van der Waals surface area contributed by atoms with E-state index >= 15 is 0 Å². The van der Waals surface area contributed by atoms with Gasteiger partial charge in [-0.2, -0.15) is 5.10 Å². The molecule has 4 heterocycles. The normalized spacial score (nSPS) is 14.7.